The molecule has 0 aromatic rings. The smallest absolute Gasteiger partial charge is 0.317 e. The molecule has 1 saturated heterocycles. The van der Waals surface area contributed by atoms with E-state index in [0.717, 1.165) is 38.8 Å². The average Bonchev–Trinajstić information content (AvgIpc) is 2.33. The summed E-state index contributed by atoms with van der Waals surface area (Å²) in [6.45, 7) is 1.82. The van der Waals surface area contributed by atoms with Gasteiger partial charge in [0.2, 0.25) is 0 Å². The summed E-state index contributed by atoms with van der Waals surface area (Å²) >= 11 is 6.23. The molecule has 3 nitrogen and oxygen atoms in total. The van der Waals surface area contributed by atoms with Crippen molar-refractivity contribution in [3.63, 3.8) is 0 Å². The molecule has 92 valence electrons. The van der Waals surface area contributed by atoms with Gasteiger partial charge in [0.15, 0.2) is 0 Å². The van der Waals surface area contributed by atoms with Gasteiger partial charge in [0, 0.05) is 19.1 Å². The van der Waals surface area contributed by atoms with E-state index in [2.05, 4.69) is 5.32 Å². The first-order chi connectivity index (χ1) is 7.77. The summed E-state index contributed by atoms with van der Waals surface area (Å²) in [5, 5.41) is 3.22. The average molecular weight is 245 g/mol. The van der Waals surface area contributed by atoms with Crippen molar-refractivity contribution in [2.24, 2.45) is 0 Å². The van der Waals surface area contributed by atoms with Crippen molar-refractivity contribution >= 4 is 17.6 Å². The molecule has 2 atom stereocenters. The molecule has 1 aliphatic carbocycles. The van der Waals surface area contributed by atoms with Gasteiger partial charge in [0.1, 0.15) is 0 Å². The van der Waals surface area contributed by atoms with Crippen molar-refractivity contribution < 1.29 is 4.79 Å². The van der Waals surface area contributed by atoms with Crippen molar-refractivity contribution in [2.75, 3.05) is 13.1 Å². The number of nitrogens with zero attached hydrogens (tertiary/aromatic N) is 1. The van der Waals surface area contributed by atoms with E-state index in [-0.39, 0.29) is 17.5 Å². The van der Waals surface area contributed by atoms with Gasteiger partial charge in [-0.25, -0.2) is 4.79 Å². The fourth-order valence-electron chi connectivity index (χ4n) is 2.60. The third kappa shape index (κ3) is 3.03. The number of nitrogens with one attached hydrogen (secondary N) is 1. The van der Waals surface area contributed by atoms with E-state index in [1.807, 2.05) is 4.90 Å². The van der Waals surface area contributed by atoms with Crippen molar-refractivity contribution in [2.45, 2.75) is 56.4 Å². The maximum atomic E-state index is 12.0. The van der Waals surface area contributed by atoms with Gasteiger partial charge in [-0.2, -0.15) is 0 Å². The van der Waals surface area contributed by atoms with E-state index in [1.54, 1.807) is 0 Å². The molecule has 1 N–H and O–H groups in total. The number of piperidine rings is 1. The summed E-state index contributed by atoms with van der Waals surface area (Å²) in [6.07, 6.45) is 7.99. The molecule has 0 aromatic heterocycles. The van der Waals surface area contributed by atoms with Crippen LogP contribution in [0.2, 0.25) is 0 Å². The van der Waals surface area contributed by atoms with E-state index in [1.165, 1.54) is 19.3 Å². The lowest BCUT2D eigenvalue weighted by atomic mass is 9.95. The molecule has 1 aliphatic heterocycles. The van der Waals surface area contributed by atoms with Crippen molar-refractivity contribution in [3.8, 4) is 0 Å². The highest BCUT2D eigenvalue weighted by Crippen LogP contribution is 2.23. The van der Waals surface area contributed by atoms with E-state index in [4.69, 9.17) is 11.6 Å². The summed E-state index contributed by atoms with van der Waals surface area (Å²) in [7, 11) is 0. The number of hydrogen-bond donors (Lipinski definition) is 1. The van der Waals surface area contributed by atoms with Crippen LogP contribution in [0.15, 0.2) is 0 Å². The molecule has 1 saturated carbocycles. The minimum Gasteiger partial charge on any atom is -0.334 e. The van der Waals surface area contributed by atoms with E-state index in [0.29, 0.717) is 0 Å². The molecular formula is C12H21ClN2O. The molecule has 4 heteroatoms. The van der Waals surface area contributed by atoms with Crippen LogP contribution in [-0.4, -0.2) is 35.4 Å². The van der Waals surface area contributed by atoms with Crippen LogP contribution in [0.3, 0.4) is 0 Å². The van der Waals surface area contributed by atoms with Crippen LogP contribution in [0.5, 0.6) is 0 Å². The molecule has 2 aliphatic rings. The Labute approximate surface area is 103 Å². The Bertz CT molecular complexity index is 241. The zero-order valence-electron chi connectivity index (χ0n) is 9.75. The predicted molar refractivity (Wildman–Crippen MR) is 65.9 cm³/mol. The van der Waals surface area contributed by atoms with Crippen LogP contribution in [0, 0.1) is 0 Å². The second-order valence-electron chi connectivity index (χ2n) is 4.90. The van der Waals surface area contributed by atoms with Crippen molar-refractivity contribution in [3.05, 3.63) is 0 Å². The maximum absolute atomic E-state index is 12.0. The fraction of sp³-hybridized carbons (Fsp3) is 0.917. The lowest BCUT2D eigenvalue weighted by Gasteiger charge is -2.32. The number of urea groups is 1. The predicted octanol–water partition coefficient (Wildman–Crippen LogP) is 2.73. The molecule has 2 fully saturated rings. The molecule has 0 radical (unpaired) electrons. The van der Waals surface area contributed by atoms with Gasteiger partial charge in [-0.3, -0.25) is 0 Å². The minimum absolute atomic E-state index is 0.0947. The summed E-state index contributed by atoms with van der Waals surface area (Å²) in [6, 6.07) is 0.280. The summed E-state index contributed by atoms with van der Waals surface area (Å²) in [5.74, 6) is 0. The summed E-state index contributed by atoms with van der Waals surface area (Å²) < 4.78 is 0. The summed E-state index contributed by atoms with van der Waals surface area (Å²) in [5.41, 5.74) is 0. The Balaban J connectivity index is 1.80. The molecular weight excluding hydrogens is 224 g/mol. The number of likely N-dealkylation sites (tertiary alicyclic amines) is 1. The third-order valence-corrected chi connectivity index (χ3v) is 4.16. The van der Waals surface area contributed by atoms with Crippen LogP contribution < -0.4 is 5.32 Å². The molecule has 2 amide bonds. The van der Waals surface area contributed by atoms with Gasteiger partial charge in [-0.1, -0.05) is 12.8 Å². The van der Waals surface area contributed by atoms with Crippen LogP contribution in [0.1, 0.15) is 44.9 Å². The number of rotatable bonds is 1. The second kappa shape index (κ2) is 5.76. The maximum Gasteiger partial charge on any atom is 0.317 e. The zero-order valence-corrected chi connectivity index (χ0v) is 10.5. The molecule has 0 bridgehead atoms. The second-order valence-corrected chi connectivity index (χ2v) is 5.46. The van der Waals surface area contributed by atoms with E-state index in [9.17, 15) is 4.79 Å². The standard InChI is InChI=1S/C12H21ClN2O/c13-10-6-2-3-7-11(10)14-12(16)15-8-4-1-5-9-15/h10-11H,1-9H2,(H,14,16). The SMILES string of the molecule is O=C(NC1CCCCC1Cl)N1CCCCC1. The lowest BCUT2D eigenvalue weighted by molar-refractivity contribution is 0.179. The third-order valence-electron chi connectivity index (χ3n) is 3.63. The highest BCUT2D eigenvalue weighted by Gasteiger charge is 2.26. The number of hydrogen-bond acceptors (Lipinski definition) is 1. The molecule has 16 heavy (non-hydrogen) atoms. The fourth-order valence-corrected chi connectivity index (χ4v) is 2.94. The van der Waals surface area contributed by atoms with Crippen LogP contribution in [0.25, 0.3) is 0 Å². The number of carbonyl (C=O) groups is 1. The highest BCUT2D eigenvalue weighted by atomic mass is 35.5. The van der Waals surface area contributed by atoms with Gasteiger partial charge in [-0.05, 0) is 32.1 Å². The van der Waals surface area contributed by atoms with Gasteiger partial charge >= 0.3 is 6.03 Å². The Morgan fingerprint density at radius 1 is 1.06 bits per heavy atom. The van der Waals surface area contributed by atoms with E-state index < -0.39 is 0 Å². The van der Waals surface area contributed by atoms with Gasteiger partial charge < -0.3 is 10.2 Å². The van der Waals surface area contributed by atoms with Gasteiger partial charge in [-0.15, -0.1) is 11.6 Å². The van der Waals surface area contributed by atoms with Crippen LogP contribution >= 0.6 is 11.6 Å². The normalized spacial score (nSPS) is 31.2. The molecule has 1 heterocycles. The lowest BCUT2D eigenvalue weighted by Crippen LogP contribution is -2.50. The Morgan fingerprint density at radius 3 is 2.44 bits per heavy atom. The molecule has 2 rings (SSSR count). The molecule has 0 spiro atoms. The molecule has 0 aromatic carbocycles. The van der Waals surface area contributed by atoms with E-state index >= 15 is 0 Å². The summed E-state index contributed by atoms with van der Waals surface area (Å²) in [4.78, 5) is 13.9. The Hall–Kier alpha value is -0.440. The first-order valence-corrected chi connectivity index (χ1v) is 6.90. The van der Waals surface area contributed by atoms with Gasteiger partial charge in [0.05, 0.1) is 5.38 Å². The number of amides is 2. The highest BCUT2D eigenvalue weighted by molar-refractivity contribution is 6.21. The monoisotopic (exact) mass is 244 g/mol. The largest absolute Gasteiger partial charge is 0.334 e. The minimum atomic E-state index is 0.0947. The number of alkyl halides is 1. The number of carbonyl (C=O) groups excluding carboxylic acids is 1. The first-order valence-electron chi connectivity index (χ1n) is 6.47. The Morgan fingerprint density at radius 2 is 1.75 bits per heavy atom. The molecule has 2 unspecified atom stereocenters. The van der Waals surface area contributed by atoms with Crippen molar-refractivity contribution in [1.82, 2.24) is 10.2 Å². The first kappa shape index (κ1) is 12.0. The topological polar surface area (TPSA) is 32.3 Å². The zero-order chi connectivity index (χ0) is 11.4. The van der Waals surface area contributed by atoms with Crippen molar-refractivity contribution in [1.29, 1.82) is 0 Å². The van der Waals surface area contributed by atoms with Gasteiger partial charge in [0.25, 0.3) is 0 Å². The van der Waals surface area contributed by atoms with Crippen LogP contribution in [0.4, 0.5) is 4.79 Å². The quantitative estimate of drug-likeness (QED) is 0.707. The van der Waals surface area contributed by atoms with Crippen LogP contribution in [-0.2, 0) is 0 Å². The Kier molecular flexibility index (Phi) is 4.33. The number of halogens is 1.